The summed E-state index contributed by atoms with van der Waals surface area (Å²) in [6.45, 7) is 6.39. The van der Waals surface area contributed by atoms with Crippen LogP contribution in [0, 0.1) is 11.6 Å². The minimum absolute atomic E-state index is 0.0887. The fraction of sp³-hybridized carbons (Fsp3) is 0.333. The maximum absolute atomic E-state index is 14.8. The van der Waals surface area contributed by atoms with Gasteiger partial charge < -0.3 is 4.74 Å². The number of epoxide rings is 1. The average Bonchev–Trinajstić information content (AvgIpc) is 3.21. The van der Waals surface area contributed by atoms with Crippen molar-refractivity contribution < 1.29 is 13.5 Å². The molecule has 1 saturated heterocycles. The number of hydrogen-bond donors (Lipinski definition) is 0. The van der Waals surface area contributed by atoms with Crippen molar-refractivity contribution in [3.8, 4) is 0 Å². The van der Waals surface area contributed by atoms with Crippen LogP contribution in [0.25, 0.3) is 0 Å². The van der Waals surface area contributed by atoms with Crippen molar-refractivity contribution in [2.75, 3.05) is 0 Å². The predicted octanol–water partition coefficient (Wildman–Crippen LogP) is 5.77. The molecule has 3 aromatic rings. The second kappa shape index (κ2) is 7.38. The summed E-state index contributed by atoms with van der Waals surface area (Å²) in [7, 11) is 0. The lowest BCUT2D eigenvalue weighted by molar-refractivity contribution is 0.249. The minimum Gasteiger partial charge on any atom is -0.354 e. The lowest BCUT2D eigenvalue weighted by Gasteiger charge is -2.20. The third kappa shape index (κ3) is 3.91. The molecule has 152 valence electrons. The molecule has 0 amide bonds. The lowest BCUT2D eigenvalue weighted by atomic mass is 9.91. The minimum atomic E-state index is -1.13. The van der Waals surface area contributed by atoms with Crippen molar-refractivity contribution in [1.29, 1.82) is 0 Å². The topological polar surface area (TPSA) is 43.2 Å². The SMILES string of the molecule is CC(C)(C)Sc1ncnn1CC1(c2cccc(F)c2F)OC1c1ccccc1Cl. The molecule has 1 fully saturated rings. The van der Waals surface area contributed by atoms with Crippen molar-refractivity contribution in [1.82, 2.24) is 14.8 Å². The van der Waals surface area contributed by atoms with E-state index in [0.717, 1.165) is 11.6 Å². The standard InChI is InChI=1S/C21H20ClF2N3OS/c1-20(2,3)29-19-25-12-26-27(19)11-21(14-8-6-10-16(23)17(14)24)18(28-21)13-7-4-5-9-15(13)22/h4-10,12,18H,11H2,1-3H3. The molecule has 2 unspecified atom stereocenters. The Morgan fingerprint density at radius 2 is 1.93 bits per heavy atom. The van der Waals surface area contributed by atoms with Gasteiger partial charge in [0.2, 0.25) is 0 Å². The Balaban J connectivity index is 1.77. The van der Waals surface area contributed by atoms with E-state index in [0.29, 0.717) is 10.2 Å². The zero-order chi connectivity index (χ0) is 20.8. The summed E-state index contributed by atoms with van der Waals surface area (Å²) < 4.78 is 36.5. The van der Waals surface area contributed by atoms with Gasteiger partial charge in [0.15, 0.2) is 16.8 Å². The maximum Gasteiger partial charge on any atom is 0.186 e. The van der Waals surface area contributed by atoms with Gasteiger partial charge >= 0.3 is 0 Å². The van der Waals surface area contributed by atoms with Gasteiger partial charge in [0.1, 0.15) is 18.0 Å². The molecule has 2 heterocycles. The van der Waals surface area contributed by atoms with Crippen molar-refractivity contribution in [2.45, 2.75) is 48.9 Å². The molecule has 8 heteroatoms. The van der Waals surface area contributed by atoms with Crippen LogP contribution >= 0.6 is 23.4 Å². The Labute approximate surface area is 177 Å². The van der Waals surface area contributed by atoms with E-state index in [-0.39, 0.29) is 16.9 Å². The Kier molecular flexibility index (Phi) is 5.17. The number of thioether (sulfide) groups is 1. The Morgan fingerprint density at radius 1 is 1.17 bits per heavy atom. The van der Waals surface area contributed by atoms with E-state index in [1.54, 1.807) is 28.6 Å². The van der Waals surface area contributed by atoms with E-state index in [2.05, 4.69) is 30.9 Å². The first-order valence-electron chi connectivity index (χ1n) is 9.15. The van der Waals surface area contributed by atoms with Crippen LogP contribution < -0.4 is 0 Å². The highest BCUT2D eigenvalue weighted by Crippen LogP contribution is 2.60. The van der Waals surface area contributed by atoms with E-state index in [9.17, 15) is 8.78 Å². The van der Waals surface area contributed by atoms with Crippen LogP contribution in [-0.4, -0.2) is 19.5 Å². The van der Waals surface area contributed by atoms with Crippen molar-refractivity contribution in [3.05, 3.63) is 76.6 Å². The van der Waals surface area contributed by atoms with Crippen LogP contribution in [-0.2, 0) is 16.9 Å². The fourth-order valence-electron chi connectivity index (χ4n) is 3.36. The van der Waals surface area contributed by atoms with Crippen molar-refractivity contribution in [2.24, 2.45) is 0 Å². The highest BCUT2D eigenvalue weighted by atomic mass is 35.5. The largest absolute Gasteiger partial charge is 0.354 e. The molecule has 0 N–H and O–H groups in total. The predicted molar refractivity (Wildman–Crippen MR) is 109 cm³/mol. The zero-order valence-corrected chi connectivity index (χ0v) is 17.8. The number of hydrogen-bond acceptors (Lipinski definition) is 4. The zero-order valence-electron chi connectivity index (χ0n) is 16.2. The van der Waals surface area contributed by atoms with Gasteiger partial charge in [-0.2, -0.15) is 5.10 Å². The highest BCUT2D eigenvalue weighted by Gasteiger charge is 2.61. The van der Waals surface area contributed by atoms with Crippen LogP contribution in [0.1, 0.15) is 38.0 Å². The fourth-order valence-corrected chi connectivity index (χ4v) is 4.46. The van der Waals surface area contributed by atoms with Gasteiger partial charge in [-0.15, -0.1) is 0 Å². The molecule has 29 heavy (non-hydrogen) atoms. The Morgan fingerprint density at radius 3 is 2.66 bits per heavy atom. The molecule has 0 aliphatic carbocycles. The first-order chi connectivity index (χ1) is 13.7. The Bertz CT molecular complexity index is 1050. The summed E-state index contributed by atoms with van der Waals surface area (Å²) in [6, 6.07) is 11.4. The summed E-state index contributed by atoms with van der Waals surface area (Å²) in [5.74, 6) is -1.84. The van der Waals surface area contributed by atoms with E-state index in [1.165, 1.54) is 12.4 Å². The maximum atomic E-state index is 14.8. The Hall–Kier alpha value is -1.96. The number of halogens is 3. The van der Waals surface area contributed by atoms with E-state index >= 15 is 0 Å². The first kappa shape index (κ1) is 20.3. The van der Waals surface area contributed by atoms with Gasteiger partial charge in [-0.25, -0.2) is 18.4 Å². The molecule has 2 atom stereocenters. The van der Waals surface area contributed by atoms with E-state index < -0.39 is 23.3 Å². The quantitative estimate of drug-likeness (QED) is 0.377. The molecule has 0 saturated carbocycles. The van der Waals surface area contributed by atoms with Crippen LogP contribution in [0.5, 0.6) is 0 Å². The molecule has 4 rings (SSSR count). The summed E-state index contributed by atoms with van der Waals surface area (Å²) in [4.78, 5) is 4.33. The summed E-state index contributed by atoms with van der Waals surface area (Å²) >= 11 is 7.90. The van der Waals surface area contributed by atoms with Crippen LogP contribution in [0.15, 0.2) is 53.9 Å². The number of aromatic nitrogens is 3. The molecular formula is C21H20ClF2N3OS. The molecule has 0 bridgehead atoms. The van der Waals surface area contributed by atoms with Crippen LogP contribution in [0.3, 0.4) is 0 Å². The third-order valence-corrected chi connectivity index (χ3v) is 6.11. The molecule has 0 radical (unpaired) electrons. The van der Waals surface area contributed by atoms with Gasteiger partial charge in [-0.05, 0) is 12.1 Å². The van der Waals surface area contributed by atoms with E-state index in [1.807, 2.05) is 18.2 Å². The molecular weight excluding hydrogens is 416 g/mol. The summed E-state index contributed by atoms with van der Waals surface area (Å²) in [6.07, 6.45) is 0.931. The molecule has 1 aliphatic heterocycles. The average molecular weight is 436 g/mol. The van der Waals surface area contributed by atoms with Crippen molar-refractivity contribution >= 4 is 23.4 Å². The van der Waals surface area contributed by atoms with Gasteiger partial charge in [-0.3, -0.25) is 0 Å². The monoisotopic (exact) mass is 435 g/mol. The second-order valence-electron chi connectivity index (χ2n) is 7.92. The van der Waals surface area contributed by atoms with Gasteiger partial charge in [-0.1, -0.05) is 74.5 Å². The third-order valence-electron chi connectivity index (χ3n) is 4.65. The highest BCUT2D eigenvalue weighted by molar-refractivity contribution is 8.00. The molecule has 1 aromatic heterocycles. The smallest absolute Gasteiger partial charge is 0.186 e. The lowest BCUT2D eigenvalue weighted by Crippen LogP contribution is -2.23. The normalized spacial score (nSPS) is 21.4. The summed E-state index contributed by atoms with van der Waals surface area (Å²) in [5, 5.41) is 5.50. The second-order valence-corrected chi connectivity index (χ2v) is 10.1. The molecule has 0 spiro atoms. The molecule has 2 aromatic carbocycles. The molecule has 1 aliphatic rings. The molecule has 4 nitrogen and oxygen atoms in total. The number of rotatable bonds is 5. The van der Waals surface area contributed by atoms with Crippen molar-refractivity contribution in [3.63, 3.8) is 0 Å². The van der Waals surface area contributed by atoms with Gasteiger partial charge in [0.05, 0.1) is 6.54 Å². The van der Waals surface area contributed by atoms with Crippen LogP contribution in [0.4, 0.5) is 8.78 Å². The first-order valence-corrected chi connectivity index (χ1v) is 10.3. The van der Waals surface area contributed by atoms with Gasteiger partial charge in [0.25, 0.3) is 0 Å². The van der Waals surface area contributed by atoms with Crippen LogP contribution in [0.2, 0.25) is 5.02 Å². The van der Waals surface area contributed by atoms with E-state index in [4.69, 9.17) is 16.3 Å². The van der Waals surface area contributed by atoms with Gasteiger partial charge in [0, 0.05) is 20.9 Å². The number of ether oxygens (including phenoxy) is 1. The summed E-state index contributed by atoms with van der Waals surface area (Å²) in [5.41, 5.74) is -0.259. The number of nitrogens with zero attached hydrogens (tertiary/aromatic N) is 3. The number of benzene rings is 2.